The molecule has 24 heavy (non-hydrogen) atoms. The van der Waals surface area contributed by atoms with Gasteiger partial charge in [0.15, 0.2) is 17.5 Å². The molecular weight excluding hydrogens is 310 g/mol. The van der Waals surface area contributed by atoms with E-state index in [-0.39, 0.29) is 17.0 Å². The van der Waals surface area contributed by atoms with Crippen LogP contribution in [0.1, 0.15) is 23.2 Å². The van der Waals surface area contributed by atoms with Crippen molar-refractivity contribution in [3.8, 4) is 5.75 Å². The fourth-order valence-corrected chi connectivity index (χ4v) is 2.41. The number of H-pyrrole nitrogens is 1. The number of hydrogen-bond acceptors (Lipinski definition) is 6. The summed E-state index contributed by atoms with van der Waals surface area (Å²) in [5.41, 5.74) is 6.51. The number of imidazole rings is 1. The van der Waals surface area contributed by atoms with Gasteiger partial charge in [0, 0.05) is 6.54 Å². The first-order valence-corrected chi connectivity index (χ1v) is 7.56. The van der Waals surface area contributed by atoms with Gasteiger partial charge in [-0.3, -0.25) is 14.6 Å². The number of rotatable bonds is 7. The summed E-state index contributed by atoms with van der Waals surface area (Å²) in [6.07, 6.45) is 3.95. The Bertz CT molecular complexity index is 915. The number of aryl methyl sites for hydroxylation is 1. The van der Waals surface area contributed by atoms with E-state index in [2.05, 4.69) is 15.0 Å². The number of nitrogens with one attached hydrogen (secondary N) is 1. The molecule has 8 nitrogen and oxygen atoms in total. The molecule has 0 aliphatic heterocycles. The summed E-state index contributed by atoms with van der Waals surface area (Å²) in [7, 11) is 0. The number of fused-ring (bicyclic) bond motifs is 1. The van der Waals surface area contributed by atoms with Crippen LogP contribution in [0, 0.1) is 0 Å². The Hall–Kier alpha value is -3.16. The van der Waals surface area contributed by atoms with E-state index in [0.717, 1.165) is 19.1 Å². The molecule has 3 rings (SSSR count). The number of aldehydes is 1. The van der Waals surface area contributed by atoms with Gasteiger partial charge in [0.1, 0.15) is 5.75 Å². The van der Waals surface area contributed by atoms with Gasteiger partial charge in [-0.1, -0.05) is 12.1 Å². The van der Waals surface area contributed by atoms with Gasteiger partial charge < -0.3 is 15.0 Å². The highest BCUT2D eigenvalue weighted by atomic mass is 16.5. The minimum Gasteiger partial charge on any atom is -0.493 e. The molecule has 2 aromatic heterocycles. The van der Waals surface area contributed by atoms with E-state index in [1.165, 1.54) is 0 Å². The SMILES string of the molecule is Nc1nc2c(ncn2CCCCOc2ccccc2C=O)c(=O)[nH]1. The molecule has 0 saturated heterocycles. The minimum atomic E-state index is -0.343. The number of benzene rings is 1. The first-order chi connectivity index (χ1) is 11.7. The van der Waals surface area contributed by atoms with Gasteiger partial charge in [-0.2, -0.15) is 4.98 Å². The Kier molecular flexibility index (Phi) is 4.55. The third-order valence-electron chi connectivity index (χ3n) is 3.59. The Morgan fingerprint density at radius 3 is 2.96 bits per heavy atom. The number of aromatic amines is 1. The lowest BCUT2D eigenvalue weighted by atomic mass is 10.2. The molecule has 124 valence electrons. The van der Waals surface area contributed by atoms with Crippen molar-refractivity contribution >= 4 is 23.4 Å². The number of para-hydroxylation sites is 1. The van der Waals surface area contributed by atoms with Gasteiger partial charge in [0.25, 0.3) is 5.56 Å². The molecule has 0 aliphatic carbocycles. The van der Waals surface area contributed by atoms with Crippen molar-refractivity contribution in [2.24, 2.45) is 0 Å². The Labute approximate surface area is 137 Å². The number of nitrogens with two attached hydrogens (primary N) is 1. The lowest BCUT2D eigenvalue weighted by Crippen LogP contribution is -2.12. The summed E-state index contributed by atoms with van der Waals surface area (Å²) in [5, 5.41) is 0. The van der Waals surface area contributed by atoms with Crippen LogP contribution < -0.4 is 16.0 Å². The van der Waals surface area contributed by atoms with Crippen molar-refractivity contribution in [3.05, 3.63) is 46.5 Å². The first kappa shape index (κ1) is 15.7. The highest BCUT2D eigenvalue weighted by Crippen LogP contribution is 2.16. The lowest BCUT2D eigenvalue weighted by Gasteiger charge is -2.08. The maximum absolute atomic E-state index is 11.7. The minimum absolute atomic E-state index is 0.0723. The zero-order valence-corrected chi connectivity index (χ0v) is 12.9. The number of anilines is 1. The largest absolute Gasteiger partial charge is 0.493 e. The first-order valence-electron chi connectivity index (χ1n) is 7.56. The van der Waals surface area contributed by atoms with Crippen LogP contribution in [0.25, 0.3) is 11.2 Å². The number of unbranched alkanes of at least 4 members (excludes halogenated alkanes) is 1. The fraction of sp³-hybridized carbons (Fsp3) is 0.250. The maximum atomic E-state index is 11.7. The molecule has 0 amide bonds. The molecule has 0 bridgehead atoms. The normalized spacial score (nSPS) is 10.8. The van der Waals surface area contributed by atoms with Crippen LogP contribution >= 0.6 is 0 Å². The van der Waals surface area contributed by atoms with Crippen molar-refractivity contribution in [1.29, 1.82) is 0 Å². The zero-order valence-electron chi connectivity index (χ0n) is 12.9. The summed E-state index contributed by atoms with van der Waals surface area (Å²) >= 11 is 0. The van der Waals surface area contributed by atoms with E-state index in [9.17, 15) is 9.59 Å². The molecule has 0 fully saturated rings. The summed E-state index contributed by atoms with van der Waals surface area (Å²) in [6.45, 7) is 1.14. The van der Waals surface area contributed by atoms with Gasteiger partial charge in [-0.05, 0) is 25.0 Å². The second-order valence-corrected chi connectivity index (χ2v) is 5.27. The third-order valence-corrected chi connectivity index (χ3v) is 3.59. The van der Waals surface area contributed by atoms with Crippen molar-refractivity contribution in [3.63, 3.8) is 0 Å². The fourth-order valence-electron chi connectivity index (χ4n) is 2.41. The van der Waals surface area contributed by atoms with Crippen LogP contribution in [0.15, 0.2) is 35.4 Å². The Morgan fingerprint density at radius 1 is 1.29 bits per heavy atom. The monoisotopic (exact) mass is 327 g/mol. The van der Waals surface area contributed by atoms with Crippen LogP contribution in [0.5, 0.6) is 5.75 Å². The molecule has 3 aromatic rings. The second kappa shape index (κ2) is 6.95. The molecule has 8 heteroatoms. The molecule has 0 saturated carbocycles. The predicted octanol–water partition coefficient (Wildman–Crippen LogP) is 1.37. The number of carbonyl (C=O) groups is 1. The lowest BCUT2D eigenvalue weighted by molar-refractivity contribution is 0.111. The summed E-state index contributed by atoms with van der Waals surface area (Å²) < 4.78 is 7.42. The number of aromatic nitrogens is 4. The molecule has 0 aliphatic rings. The molecular formula is C16H17N5O3. The van der Waals surface area contributed by atoms with Crippen LogP contribution in [-0.2, 0) is 6.54 Å². The van der Waals surface area contributed by atoms with Gasteiger partial charge >= 0.3 is 0 Å². The molecule has 0 spiro atoms. The van der Waals surface area contributed by atoms with Crippen molar-refractivity contribution < 1.29 is 9.53 Å². The number of nitrogen functional groups attached to an aromatic ring is 1. The predicted molar refractivity (Wildman–Crippen MR) is 89.1 cm³/mol. The van der Waals surface area contributed by atoms with E-state index in [0.29, 0.717) is 30.1 Å². The van der Waals surface area contributed by atoms with E-state index in [1.807, 2.05) is 6.07 Å². The van der Waals surface area contributed by atoms with Crippen molar-refractivity contribution in [1.82, 2.24) is 19.5 Å². The van der Waals surface area contributed by atoms with Crippen molar-refractivity contribution in [2.75, 3.05) is 12.3 Å². The standard InChI is InChI=1S/C16H17N5O3/c17-16-19-14-13(15(23)20-16)18-10-21(14)7-3-4-8-24-12-6-2-1-5-11(12)9-22/h1-2,5-6,9-10H,3-4,7-8H2,(H3,17,19,20,23). The van der Waals surface area contributed by atoms with Gasteiger partial charge in [-0.25, -0.2) is 4.98 Å². The molecule has 0 atom stereocenters. The molecule has 0 unspecified atom stereocenters. The van der Waals surface area contributed by atoms with Crippen molar-refractivity contribution in [2.45, 2.75) is 19.4 Å². The number of nitrogens with zero attached hydrogens (tertiary/aromatic N) is 3. The number of hydrogen-bond donors (Lipinski definition) is 2. The maximum Gasteiger partial charge on any atom is 0.280 e. The quantitative estimate of drug-likeness (QED) is 0.500. The Morgan fingerprint density at radius 2 is 2.12 bits per heavy atom. The highest BCUT2D eigenvalue weighted by molar-refractivity contribution is 5.79. The van der Waals surface area contributed by atoms with E-state index in [4.69, 9.17) is 10.5 Å². The molecule has 1 aromatic carbocycles. The van der Waals surface area contributed by atoms with Gasteiger partial charge in [0.05, 0.1) is 18.5 Å². The molecule has 3 N–H and O–H groups in total. The van der Waals surface area contributed by atoms with Crippen LogP contribution in [0.4, 0.5) is 5.95 Å². The average molecular weight is 327 g/mol. The van der Waals surface area contributed by atoms with Gasteiger partial charge in [-0.15, -0.1) is 0 Å². The molecule has 2 heterocycles. The average Bonchev–Trinajstić information content (AvgIpc) is 2.98. The zero-order chi connectivity index (χ0) is 16.9. The summed E-state index contributed by atoms with van der Waals surface area (Å²) in [6, 6.07) is 7.11. The summed E-state index contributed by atoms with van der Waals surface area (Å²) in [4.78, 5) is 33.2. The topological polar surface area (TPSA) is 116 Å². The third kappa shape index (κ3) is 3.27. The van der Waals surface area contributed by atoms with Crippen LogP contribution in [0.3, 0.4) is 0 Å². The van der Waals surface area contributed by atoms with Gasteiger partial charge in [0.2, 0.25) is 5.95 Å². The smallest absolute Gasteiger partial charge is 0.280 e. The Balaban J connectivity index is 1.56. The molecule has 0 radical (unpaired) electrons. The number of ether oxygens (including phenoxy) is 1. The van der Waals surface area contributed by atoms with E-state index in [1.54, 1.807) is 29.1 Å². The number of carbonyl (C=O) groups excluding carboxylic acids is 1. The highest BCUT2D eigenvalue weighted by Gasteiger charge is 2.08. The van der Waals surface area contributed by atoms with Crippen LogP contribution in [-0.4, -0.2) is 32.4 Å². The summed E-state index contributed by atoms with van der Waals surface area (Å²) in [5.74, 6) is 0.657. The van der Waals surface area contributed by atoms with E-state index < -0.39 is 0 Å². The second-order valence-electron chi connectivity index (χ2n) is 5.27. The van der Waals surface area contributed by atoms with Crippen LogP contribution in [0.2, 0.25) is 0 Å². The van der Waals surface area contributed by atoms with E-state index >= 15 is 0 Å².